The quantitative estimate of drug-likeness (QED) is 0.353. The van der Waals surface area contributed by atoms with Crippen LogP contribution in [0.15, 0.2) is 9.95 Å². The van der Waals surface area contributed by atoms with E-state index in [0.29, 0.717) is 17.1 Å². The Bertz CT molecular complexity index is 466. The minimum Gasteiger partial charge on any atom is -1.00 e. The van der Waals surface area contributed by atoms with Gasteiger partial charge in [0.2, 0.25) is 5.88 Å². The van der Waals surface area contributed by atoms with Crippen LogP contribution < -0.4 is 18.0 Å². The van der Waals surface area contributed by atoms with Gasteiger partial charge in [0, 0.05) is 12.3 Å². The third-order valence-corrected chi connectivity index (χ3v) is 3.88. The second-order valence-electron chi connectivity index (χ2n) is 5.14. The molecule has 0 atom stereocenters. The molecule has 2 N–H and O–H groups in total. The van der Waals surface area contributed by atoms with Crippen LogP contribution in [0.5, 0.6) is 5.88 Å². The van der Waals surface area contributed by atoms with Crippen molar-refractivity contribution in [2.24, 2.45) is 0 Å². The normalized spacial score (nSPS) is 10.7. The third kappa shape index (κ3) is 7.74. The van der Waals surface area contributed by atoms with E-state index < -0.39 is 0 Å². The van der Waals surface area contributed by atoms with E-state index in [1.807, 2.05) is 14.1 Å². The number of nitrogens with zero attached hydrogens (tertiary/aromatic N) is 2. The Labute approximate surface area is 137 Å². The molecule has 0 aliphatic heterocycles. The summed E-state index contributed by atoms with van der Waals surface area (Å²) in [6.07, 6.45) is 4.90. The van der Waals surface area contributed by atoms with Crippen molar-refractivity contribution in [3.63, 3.8) is 0 Å². The van der Waals surface area contributed by atoms with Crippen LogP contribution in [0.3, 0.4) is 0 Å². The zero-order chi connectivity index (χ0) is 15.0. The lowest BCUT2D eigenvalue weighted by molar-refractivity contribution is -0.00000566. The molecule has 0 radical (unpaired) electrons. The van der Waals surface area contributed by atoms with Crippen LogP contribution >= 0.6 is 11.8 Å². The lowest BCUT2D eigenvalue weighted by atomic mass is 10.1. The smallest absolute Gasteiger partial charge is 0.258 e. The number of hydrogen-bond acceptors (Lipinski definition) is 5. The van der Waals surface area contributed by atoms with Crippen molar-refractivity contribution in [2.45, 2.75) is 44.2 Å². The highest BCUT2D eigenvalue weighted by Gasteiger charge is 2.10. The first-order chi connectivity index (χ1) is 9.54. The highest BCUT2D eigenvalue weighted by Crippen LogP contribution is 2.18. The number of hydrogen-bond donors (Lipinski definition) is 2. The van der Waals surface area contributed by atoms with Crippen molar-refractivity contribution in [1.82, 2.24) is 14.9 Å². The van der Waals surface area contributed by atoms with E-state index in [0.717, 1.165) is 38.0 Å². The van der Waals surface area contributed by atoms with Crippen LogP contribution in [0.2, 0.25) is 0 Å². The first-order valence-electron chi connectivity index (χ1n) is 7.14. The zero-order valence-electron chi connectivity index (χ0n) is 13.0. The summed E-state index contributed by atoms with van der Waals surface area (Å²) in [4.78, 5) is 20.8. The molecular weight excluding hydrogens is 310 g/mol. The average molecular weight is 335 g/mol. The Morgan fingerprint density at radius 3 is 2.57 bits per heavy atom. The fourth-order valence-electron chi connectivity index (χ4n) is 1.81. The molecule has 122 valence electrons. The van der Waals surface area contributed by atoms with Gasteiger partial charge in [0.15, 0.2) is 5.16 Å². The Hall–Kier alpha value is -0.720. The summed E-state index contributed by atoms with van der Waals surface area (Å²) in [6.45, 7) is 3.04. The van der Waals surface area contributed by atoms with Gasteiger partial charge in [-0.2, -0.15) is 4.98 Å². The van der Waals surface area contributed by atoms with E-state index in [-0.39, 0.29) is 23.8 Å². The molecule has 5 nitrogen and oxygen atoms in total. The van der Waals surface area contributed by atoms with Gasteiger partial charge in [-0.1, -0.05) is 37.9 Å². The molecule has 1 rings (SSSR count). The van der Waals surface area contributed by atoms with Gasteiger partial charge in [-0.25, -0.2) is 0 Å². The van der Waals surface area contributed by atoms with Crippen molar-refractivity contribution in [1.29, 1.82) is 0 Å². The molecule has 21 heavy (non-hydrogen) atoms. The van der Waals surface area contributed by atoms with Crippen LogP contribution in [0.4, 0.5) is 0 Å². The highest BCUT2D eigenvalue weighted by molar-refractivity contribution is 7.99. The van der Waals surface area contributed by atoms with Crippen molar-refractivity contribution < 1.29 is 17.5 Å². The van der Waals surface area contributed by atoms with E-state index >= 15 is 0 Å². The number of aromatic nitrogens is 2. The summed E-state index contributed by atoms with van der Waals surface area (Å²) in [6, 6.07) is 0. The Balaban J connectivity index is 0.00000400. The van der Waals surface area contributed by atoms with Gasteiger partial charge in [-0.05, 0) is 26.9 Å². The molecule has 0 amide bonds. The minimum atomic E-state index is -0.207. The van der Waals surface area contributed by atoms with Crippen molar-refractivity contribution in [3.8, 4) is 5.88 Å². The number of aromatic amines is 1. The van der Waals surface area contributed by atoms with Gasteiger partial charge in [0.1, 0.15) is 0 Å². The Kier molecular flexibility index (Phi) is 10.6. The van der Waals surface area contributed by atoms with Crippen molar-refractivity contribution >= 4 is 11.8 Å². The van der Waals surface area contributed by atoms with Crippen LogP contribution in [0.1, 0.15) is 38.2 Å². The molecular formula is C14H25ClN3O2S-. The van der Waals surface area contributed by atoms with Gasteiger partial charge in [-0.3, -0.25) is 4.79 Å². The van der Waals surface area contributed by atoms with Crippen molar-refractivity contribution in [3.05, 3.63) is 15.9 Å². The minimum absolute atomic E-state index is 0. The predicted octanol–water partition coefficient (Wildman–Crippen LogP) is -0.744. The summed E-state index contributed by atoms with van der Waals surface area (Å²) < 4.78 is 0. The number of unbranched alkanes of at least 4 members (excludes halogenated alkanes) is 3. The highest BCUT2D eigenvalue weighted by atomic mass is 35.5. The van der Waals surface area contributed by atoms with E-state index in [1.165, 1.54) is 11.8 Å². The summed E-state index contributed by atoms with van der Waals surface area (Å²) in [5.41, 5.74) is 0.208. The fourth-order valence-corrected chi connectivity index (χ4v) is 2.78. The molecule has 1 aromatic rings. The second-order valence-corrected chi connectivity index (χ2v) is 6.22. The molecule has 0 fully saturated rings. The average Bonchev–Trinajstić information content (AvgIpc) is 2.36. The standard InChI is InChI=1S/C14H25N3O2S.ClH/c1-4-5-6-7-8-11-12(18)15-14(16-13(11)19)20-10-9-17(2)3;/h4-10H2,1-3H3,(H2,15,16,18,19);1H/p-1. The van der Waals surface area contributed by atoms with E-state index in [1.54, 1.807) is 0 Å². The number of nitrogens with one attached hydrogen (secondary N) is 1. The second kappa shape index (κ2) is 10.9. The molecule has 0 saturated heterocycles. The third-order valence-electron chi connectivity index (χ3n) is 3.03. The molecule has 0 aliphatic rings. The van der Waals surface area contributed by atoms with Crippen LogP contribution in [0.25, 0.3) is 0 Å². The summed E-state index contributed by atoms with van der Waals surface area (Å²) >= 11 is 1.45. The largest absolute Gasteiger partial charge is 1.00 e. The molecule has 1 heterocycles. The lowest BCUT2D eigenvalue weighted by Gasteiger charge is -2.09. The van der Waals surface area contributed by atoms with E-state index in [2.05, 4.69) is 21.8 Å². The van der Waals surface area contributed by atoms with Gasteiger partial charge in [0.25, 0.3) is 5.56 Å². The monoisotopic (exact) mass is 334 g/mol. The van der Waals surface area contributed by atoms with Crippen LogP contribution in [-0.4, -0.2) is 46.4 Å². The topological polar surface area (TPSA) is 69.2 Å². The number of aromatic hydroxyl groups is 1. The molecule has 0 unspecified atom stereocenters. The Morgan fingerprint density at radius 1 is 1.29 bits per heavy atom. The molecule has 0 saturated carbocycles. The van der Waals surface area contributed by atoms with Gasteiger partial charge >= 0.3 is 0 Å². The van der Waals surface area contributed by atoms with Crippen LogP contribution in [-0.2, 0) is 6.42 Å². The fraction of sp³-hybridized carbons (Fsp3) is 0.714. The molecule has 0 aliphatic carbocycles. The van der Waals surface area contributed by atoms with E-state index in [9.17, 15) is 9.90 Å². The Morgan fingerprint density at radius 2 is 2.00 bits per heavy atom. The molecule has 7 heteroatoms. The zero-order valence-corrected chi connectivity index (χ0v) is 14.6. The maximum atomic E-state index is 11.9. The first-order valence-corrected chi connectivity index (χ1v) is 8.12. The number of rotatable bonds is 9. The molecule has 0 bridgehead atoms. The SMILES string of the molecule is CCCCCCc1c(O)nc(SCCN(C)C)[nH]c1=O.[Cl-]. The van der Waals surface area contributed by atoms with Gasteiger partial charge in [-0.15, -0.1) is 0 Å². The lowest BCUT2D eigenvalue weighted by Crippen LogP contribution is -3.00. The van der Waals surface area contributed by atoms with Crippen molar-refractivity contribution in [2.75, 3.05) is 26.4 Å². The summed E-state index contributed by atoms with van der Waals surface area (Å²) in [5.74, 6) is 0.711. The molecule has 0 spiro atoms. The molecule has 1 aromatic heterocycles. The van der Waals surface area contributed by atoms with E-state index in [4.69, 9.17) is 0 Å². The maximum absolute atomic E-state index is 11.9. The number of halogens is 1. The predicted molar refractivity (Wildman–Crippen MR) is 83.6 cm³/mol. The first kappa shape index (κ1) is 20.3. The number of H-pyrrole nitrogens is 1. The van der Waals surface area contributed by atoms with Crippen LogP contribution in [0, 0.1) is 0 Å². The maximum Gasteiger partial charge on any atom is 0.258 e. The van der Waals surface area contributed by atoms with Gasteiger partial charge < -0.3 is 27.4 Å². The number of thioether (sulfide) groups is 1. The summed E-state index contributed by atoms with van der Waals surface area (Å²) in [5, 5.41) is 10.4. The molecule has 0 aromatic carbocycles. The van der Waals surface area contributed by atoms with Gasteiger partial charge in [0.05, 0.1) is 5.56 Å². The summed E-state index contributed by atoms with van der Waals surface area (Å²) in [7, 11) is 3.99.